The van der Waals surface area contributed by atoms with Crippen LogP contribution in [0.15, 0.2) is 10.7 Å². The van der Waals surface area contributed by atoms with E-state index in [9.17, 15) is 8.42 Å². The monoisotopic (exact) mass is 245 g/mol. The minimum absolute atomic E-state index is 0.00887. The van der Waals surface area contributed by atoms with Gasteiger partial charge in [0.2, 0.25) is 0 Å². The predicted octanol–water partition coefficient (Wildman–Crippen LogP) is 0.673. The summed E-state index contributed by atoms with van der Waals surface area (Å²) in [6, 6.07) is 0. The SMILES string of the molecule is CC(CO)c1coc(C2CCS(=O)(=O)C2)n1. The van der Waals surface area contributed by atoms with Gasteiger partial charge in [-0.15, -0.1) is 0 Å². The van der Waals surface area contributed by atoms with Crippen molar-refractivity contribution in [3.8, 4) is 0 Å². The van der Waals surface area contributed by atoms with E-state index in [2.05, 4.69) is 4.98 Å². The third-order valence-electron chi connectivity index (χ3n) is 2.90. The maximum Gasteiger partial charge on any atom is 0.198 e. The van der Waals surface area contributed by atoms with Crippen LogP contribution in [0.5, 0.6) is 0 Å². The summed E-state index contributed by atoms with van der Waals surface area (Å²) in [7, 11) is -2.91. The summed E-state index contributed by atoms with van der Waals surface area (Å²) in [5, 5.41) is 8.97. The summed E-state index contributed by atoms with van der Waals surface area (Å²) in [6.07, 6.45) is 2.08. The van der Waals surface area contributed by atoms with Gasteiger partial charge in [-0.2, -0.15) is 0 Å². The highest BCUT2D eigenvalue weighted by Gasteiger charge is 2.32. The van der Waals surface area contributed by atoms with Crippen molar-refractivity contribution in [2.75, 3.05) is 18.1 Å². The van der Waals surface area contributed by atoms with E-state index < -0.39 is 9.84 Å². The van der Waals surface area contributed by atoms with Gasteiger partial charge >= 0.3 is 0 Å². The summed E-state index contributed by atoms with van der Waals surface area (Å²) >= 11 is 0. The van der Waals surface area contributed by atoms with Gasteiger partial charge in [0.15, 0.2) is 15.7 Å². The zero-order valence-electron chi connectivity index (χ0n) is 9.09. The first-order valence-electron chi connectivity index (χ1n) is 5.28. The van der Waals surface area contributed by atoms with Crippen molar-refractivity contribution < 1.29 is 17.9 Å². The molecule has 0 bridgehead atoms. The van der Waals surface area contributed by atoms with Crippen LogP contribution < -0.4 is 0 Å². The van der Waals surface area contributed by atoms with E-state index in [1.807, 2.05) is 6.92 Å². The average molecular weight is 245 g/mol. The van der Waals surface area contributed by atoms with Gasteiger partial charge in [-0.25, -0.2) is 13.4 Å². The zero-order chi connectivity index (χ0) is 11.8. The van der Waals surface area contributed by atoms with Crippen molar-refractivity contribution in [1.82, 2.24) is 4.98 Å². The highest BCUT2D eigenvalue weighted by molar-refractivity contribution is 7.91. The molecule has 2 atom stereocenters. The number of oxazole rings is 1. The van der Waals surface area contributed by atoms with Crippen molar-refractivity contribution in [2.45, 2.75) is 25.2 Å². The first kappa shape index (κ1) is 11.6. The van der Waals surface area contributed by atoms with E-state index in [0.29, 0.717) is 18.0 Å². The molecule has 0 spiro atoms. The van der Waals surface area contributed by atoms with E-state index in [0.717, 1.165) is 0 Å². The Morgan fingerprint density at radius 3 is 3.00 bits per heavy atom. The van der Waals surface area contributed by atoms with Crippen LogP contribution in [-0.2, 0) is 9.84 Å². The quantitative estimate of drug-likeness (QED) is 0.846. The molecule has 2 unspecified atom stereocenters. The maximum absolute atomic E-state index is 11.3. The van der Waals surface area contributed by atoms with Gasteiger partial charge in [0.1, 0.15) is 6.26 Å². The number of nitrogens with zero attached hydrogens (tertiary/aromatic N) is 1. The topological polar surface area (TPSA) is 80.4 Å². The van der Waals surface area contributed by atoms with Gasteiger partial charge < -0.3 is 9.52 Å². The molecule has 90 valence electrons. The number of aromatic nitrogens is 1. The fraction of sp³-hybridized carbons (Fsp3) is 0.700. The Bertz CT molecular complexity index is 465. The zero-order valence-corrected chi connectivity index (χ0v) is 9.90. The second kappa shape index (κ2) is 4.18. The van der Waals surface area contributed by atoms with Crippen molar-refractivity contribution in [2.24, 2.45) is 0 Å². The number of hydrogen-bond acceptors (Lipinski definition) is 5. The first-order chi connectivity index (χ1) is 7.52. The molecule has 6 heteroatoms. The molecule has 2 heterocycles. The van der Waals surface area contributed by atoms with Gasteiger partial charge in [-0.1, -0.05) is 6.92 Å². The van der Waals surface area contributed by atoms with Crippen LogP contribution in [0.2, 0.25) is 0 Å². The molecule has 1 N–H and O–H groups in total. The van der Waals surface area contributed by atoms with Gasteiger partial charge in [0.25, 0.3) is 0 Å². The molecular weight excluding hydrogens is 230 g/mol. The smallest absolute Gasteiger partial charge is 0.198 e. The number of rotatable bonds is 3. The van der Waals surface area contributed by atoms with Crippen LogP contribution in [0.3, 0.4) is 0 Å². The second-order valence-electron chi connectivity index (χ2n) is 4.29. The number of aliphatic hydroxyl groups excluding tert-OH is 1. The van der Waals surface area contributed by atoms with Crippen molar-refractivity contribution >= 4 is 9.84 Å². The Morgan fingerprint density at radius 2 is 2.44 bits per heavy atom. The average Bonchev–Trinajstić information content (AvgIpc) is 2.83. The molecule has 1 aromatic rings. The summed E-state index contributed by atoms with van der Waals surface area (Å²) in [5.74, 6) is 0.627. The number of hydrogen-bond donors (Lipinski definition) is 1. The lowest BCUT2D eigenvalue weighted by Crippen LogP contribution is -2.05. The third-order valence-corrected chi connectivity index (χ3v) is 4.67. The van der Waals surface area contributed by atoms with Gasteiger partial charge in [0, 0.05) is 5.92 Å². The van der Waals surface area contributed by atoms with Gasteiger partial charge in [0.05, 0.1) is 29.7 Å². The van der Waals surface area contributed by atoms with Gasteiger partial charge in [-0.3, -0.25) is 0 Å². The molecule has 0 saturated carbocycles. The molecule has 1 aliphatic heterocycles. The normalized spacial score (nSPS) is 25.8. The lowest BCUT2D eigenvalue weighted by molar-refractivity contribution is 0.271. The molecule has 0 radical (unpaired) electrons. The minimum atomic E-state index is -2.91. The molecule has 1 fully saturated rings. The predicted molar refractivity (Wildman–Crippen MR) is 58.0 cm³/mol. The van der Waals surface area contributed by atoms with Crippen molar-refractivity contribution in [3.63, 3.8) is 0 Å². The Balaban J connectivity index is 2.14. The molecule has 16 heavy (non-hydrogen) atoms. The van der Waals surface area contributed by atoms with E-state index in [1.54, 1.807) is 0 Å². The fourth-order valence-corrected chi connectivity index (χ4v) is 3.53. The van der Waals surface area contributed by atoms with Crippen LogP contribution in [0.25, 0.3) is 0 Å². The van der Waals surface area contributed by atoms with E-state index in [-0.39, 0.29) is 29.9 Å². The Kier molecular flexibility index (Phi) is 3.03. The second-order valence-corrected chi connectivity index (χ2v) is 6.52. The maximum atomic E-state index is 11.3. The lowest BCUT2D eigenvalue weighted by Gasteiger charge is -2.02. The van der Waals surface area contributed by atoms with Crippen LogP contribution in [0.4, 0.5) is 0 Å². The molecule has 0 aliphatic carbocycles. The summed E-state index contributed by atoms with van der Waals surface area (Å²) < 4.78 is 27.9. The standard InChI is InChI=1S/C10H15NO4S/c1-7(4-12)9-5-15-10(11-9)8-2-3-16(13,14)6-8/h5,7-8,12H,2-4,6H2,1H3. The third kappa shape index (κ3) is 2.27. The highest BCUT2D eigenvalue weighted by atomic mass is 32.2. The fourth-order valence-electron chi connectivity index (χ4n) is 1.80. The highest BCUT2D eigenvalue weighted by Crippen LogP contribution is 2.29. The Labute approximate surface area is 94.4 Å². The van der Waals surface area contributed by atoms with Crippen LogP contribution in [-0.4, -0.2) is 36.6 Å². The molecule has 1 saturated heterocycles. The summed E-state index contributed by atoms with van der Waals surface area (Å²) in [4.78, 5) is 4.24. The van der Waals surface area contributed by atoms with E-state index in [4.69, 9.17) is 9.52 Å². The van der Waals surface area contributed by atoms with E-state index >= 15 is 0 Å². The molecule has 1 aromatic heterocycles. The molecule has 2 rings (SSSR count). The molecule has 0 amide bonds. The molecule has 5 nitrogen and oxygen atoms in total. The summed E-state index contributed by atoms with van der Waals surface area (Å²) in [6.45, 7) is 1.85. The van der Waals surface area contributed by atoms with Crippen LogP contribution in [0.1, 0.15) is 36.8 Å². The minimum Gasteiger partial charge on any atom is -0.448 e. The van der Waals surface area contributed by atoms with Crippen molar-refractivity contribution in [3.05, 3.63) is 17.8 Å². The Hall–Kier alpha value is -0.880. The van der Waals surface area contributed by atoms with E-state index in [1.165, 1.54) is 6.26 Å². The van der Waals surface area contributed by atoms with Crippen molar-refractivity contribution in [1.29, 1.82) is 0 Å². The number of sulfone groups is 1. The largest absolute Gasteiger partial charge is 0.448 e. The number of aliphatic hydroxyl groups is 1. The Morgan fingerprint density at radius 1 is 1.69 bits per heavy atom. The first-order valence-corrected chi connectivity index (χ1v) is 7.10. The molecule has 1 aliphatic rings. The van der Waals surface area contributed by atoms with Crippen LogP contribution in [0, 0.1) is 0 Å². The summed E-state index contributed by atoms with van der Waals surface area (Å²) in [5.41, 5.74) is 0.682. The van der Waals surface area contributed by atoms with Crippen LogP contribution >= 0.6 is 0 Å². The molecule has 0 aromatic carbocycles. The molecular formula is C10H15NO4S. The van der Waals surface area contributed by atoms with Gasteiger partial charge in [-0.05, 0) is 6.42 Å². The lowest BCUT2D eigenvalue weighted by atomic mass is 10.1.